The summed E-state index contributed by atoms with van der Waals surface area (Å²) in [5.41, 5.74) is 0.416. The second kappa shape index (κ2) is 4.16. The van der Waals surface area contributed by atoms with Crippen LogP contribution in [0.1, 0.15) is 11.5 Å². The summed E-state index contributed by atoms with van der Waals surface area (Å²) in [5.74, 6) is -3.45. The fourth-order valence-corrected chi connectivity index (χ4v) is 3.12. The smallest absolute Gasteiger partial charge is 0.310 e. The molecule has 0 unspecified atom stereocenters. The minimum atomic E-state index is -1.41. The molecular weight excluding hydrogens is 313 g/mol. The van der Waals surface area contributed by atoms with E-state index in [-0.39, 0.29) is 10.0 Å². The number of aliphatic carboxylic acids is 1. The van der Waals surface area contributed by atoms with E-state index in [4.69, 9.17) is 51.5 Å². The number of hydrogen-bond acceptors (Lipinski definition) is 1. The van der Waals surface area contributed by atoms with Crippen molar-refractivity contribution in [2.45, 2.75) is 10.3 Å². The third-order valence-electron chi connectivity index (χ3n) is 2.68. The van der Waals surface area contributed by atoms with Gasteiger partial charge >= 0.3 is 5.97 Å². The lowest BCUT2D eigenvalue weighted by Crippen LogP contribution is -2.03. The Morgan fingerprint density at radius 2 is 1.76 bits per heavy atom. The summed E-state index contributed by atoms with van der Waals surface area (Å²) < 4.78 is 11.8. The minimum Gasteiger partial charge on any atom is -0.481 e. The number of halogens is 5. The number of carbonyl (C=O) groups is 1. The van der Waals surface area contributed by atoms with Gasteiger partial charge in [-0.15, -0.1) is 0 Å². The summed E-state index contributed by atoms with van der Waals surface area (Å²) in [4.78, 5) is 10.9. The van der Waals surface area contributed by atoms with Gasteiger partial charge in [-0.3, -0.25) is 4.79 Å². The van der Waals surface area contributed by atoms with E-state index in [1.165, 1.54) is 12.1 Å². The molecule has 1 aliphatic rings. The highest BCUT2D eigenvalue weighted by Gasteiger charge is 2.68. The van der Waals surface area contributed by atoms with E-state index in [1.54, 1.807) is 0 Å². The van der Waals surface area contributed by atoms with Crippen LogP contribution >= 0.6 is 46.4 Å². The first-order valence-corrected chi connectivity index (χ1v) is 6.03. The van der Waals surface area contributed by atoms with Crippen LogP contribution in [0.5, 0.6) is 0 Å². The molecule has 92 valence electrons. The molecule has 0 aromatic heterocycles. The second-order valence-electron chi connectivity index (χ2n) is 3.77. The van der Waals surface area contributed by atoms with E-state index in [9.17, 15) is 9.18 Å². The van der Waals surface area contributed by atoms with Crippen LogP contribution in [0.2, 0.25) is 10.0 Å². The van der Waals surface area contributed by atoms with E-state index < -0.39 is 28.0 Å². The van der Waals surface area contributed by atoms with Gasteiger partial charge in [0.15, 0.2) is 5.82 Å². The number of carboxylic acid groups (broad SMARTS) is 1. The maximum absolute atomic E-state index is 13.2. The Kier molecular flexibility index (Phi) is 3.24. The Morgan fingerprint density at radius 1 is 1.29 bits per heavy atom. The molecule has 1 aromatic rings. The van der Waals surface area contributed by atoms with Crippen LogP contribution in [0, 0.1) is 11.7 Å². The summed E-state index contributed by atoms with van der Waals surface area (Å²) in [5, 5.41) is 8.53. The van der Waals surface area contributed by atoms with Crippen molar-refractivity contribution in [3.8, 4) is 0 Å². The van der Waals surface area contributed by atoms with Gasteiger partial charge in [0.25, 0.3) is 0 Å². The predicted molar refractivity (Wildman–Crippen MR) is 64.7 cm³/mol. The van der Waals surface area contributed by atoms with Crippen molar-refractivity contribution in [1.29, 1.82) is 0 Å². The van der Waals surface area contributed by atoms with E-state index in [0.29, 0.717) is 5.56 Å². The van der Waals surface area contributed by atoms with E-state index in [1.807, 2.05) is 0 Å². The maximum Gasteiger partial charge on any atom is 0.310 e. The number of alkyl halides is 2. The Morgan fingerprint density at radius 3 is 2.12 bits per heavy atom. The fourth-order valence-electron chi connectivity index (χ4n) is 1.80. The molecule has 0 heterocycles. The van der Waals surface area contributed by atoms with Crippen molar-refractivity contribution in [3.05, 3.63) is 33.6 Å². The molecule has 1 N–H and O–H groups in total. The van der Waals surface area contributed by atoms with Crippen molar-refractivity contribution >= 4 is 52.4 Å². The maximum atomic E-state index is 13.2. The highest BCUT2D eigenvalue weighted by molar-refractivity contribution is 6.53. The summed E-state index contributed by atoms with van der Waals surface area (Å²) in [7, 11) is 0. The molecule has 1 aromatic carbocycles. The first kappa shape index (κ1) is 13.2. The molecule has 0 spiro atoms. The molecule has 2 nitrogen and oxygen atoms in total. The van der Waals surface area contributed by atoms with Gasteiger partial charge in [0.05, 0.1) is 16.0 Å². The van der Waals surface area contributed by atoms with Gasteiger partial charge in [-0.2, -0.15) is 0 Å². The van der Waals surface area contributed by atoms with Gasteiger partial charge in [0.2, 0.25) is 0 Å². The third kappa shape index (κ3) is 2.10. The summed E-state index contributed by atoms with van der Waals surface area (Å²) >= 11 is 22.9. The molecule has 0 amide bonds. The average molecular weight is 318 g/mol. The SMILES string of the molecule is O=C(O)[C@H]1[C@H](c2cc(Cl)c(F)c(Cl)c2)C1(Cl)Cl. The van der Waals surface area contributed by atoms with Gasteiger partial charge < -0.3 is 5.11 Å². The van der Waals surface area contributed by atoms with Crippen molar-refractivity contribution in [2.24, 2.45) is 5.92 Å². The first-order chi connectivity index (χ1) is 7.76. The zero-order valence-electron chi connectivity index (χ0n) is 8.05. The zero-order valence-corrected chi connectivity index (χ0v) is 11.1. The van der Waals surface area contributed by atoms with Crippen molar-refractivity contribution in [1.82, 2.24) is 0 Å². The number of carboxylic acids is 1. The largest absolute Gasteiger partial charge is 0.481 e. The molecule has 2 rings (SSSR count). The van der Waals surface area contributed by atoms with Gasteiger partial charge in [-0.05, 0) is 17.7 Å². The molecule has 2 atom stereocenters. The normalized spacial score (nSPS) is 25.7. The highest BCUT2D eigenvalue weighted by atomic mass is 35.5. The van der Waals surface area contributed by atoms with Crippen molar-refractivity contribution in [2.75, 3.05) is 0 Å². The van der Waals surface area contributed by atoms with Crippen LogP contribution in [0.3, 0.4) is 0 Å². The predicted octanol–water partition coefficient (Wildman–Crippen LogP) is 4.10. The summed E-state index contributed by atoms with van der Waals surface area (Å²) in [6.45, 7) is 0. The number of rotatable bonds is 2. The Bertz CT molecular complexity index is 480. The molecule has 1 fully saturated rings. The quantitative estimate of drug-likeness (QED) is 0.658. The molecule has 0 saturated heterocycles. The lowest BCUT2D eigenvalue weighted by atomic mass is 10.1. The van der Waals surface area contributed by atoms with Gasteiger partial charge in [0, 0.05) is 5.92 Å². The molecule has 17 heavy (non-hydrogen) atoms. The van der Waals surface area contributed by atoms with Gasteiger partial charge in [-0.25, -0.2) is 4.39 Å². The third-order valence-corrected chi connectivity index (χ3v) is 4.18. The van der Waals surface area contributed by atoms with Gasteiger partial charge in [-0.1, -0.05) is 46.4 Å². The van der Waals surface area contributed by atoms with Crippen LogP contribution < -0.4 is 0 Å². The standard InChI is InChI=1S/C10H5Cl4FO2/c11-4-1-3(2-5(12)8(4)15)6-7(9(16)17)10(6,13)14/h1-2,6-7H,(H,16,17)/t6-,7+/m0/s1. The molecule has 0 radical (unpaired) electrons. The van der Waals surface area contributed by atoms with Crippen LogP contribution in [-0.2, 0) is 4.79 Å². The fraction of sp³-hybridized carbons (Fsp3) is 0.300. The van der Waals surface area contributed by atoms with E-state index in [0.717, 1.165) is 0 Å². The molecule has 1 saturated carbocycles. The lowest BCUT2D eigenvalue weighted by molar-refractivity contribution is -0.138. The average Bonchev–Trinajstić information content (AvgIpc) is 2.77. The molecular formula is C10H5Cl4FO2. The lowest BCUT2D eigenvalue weighted by Gasteiger charge is -2.04. The van der Waals surface area contributed by atoms with E-state index in [2.05, 4.69) is 0 Å². The summed E-state index contributed by atoms with van der Waals surface area (Å²) in [6.07, 6.45) is 0. The first-order valence-electron chi connectivity index (χ1n) is 4.52. The van der Waals surface area contributed by atoms with Crippen LogP contribution in [0.15, 0.2) is 12.1 Å². The molecule has 1 aliphatic carbocycles. The van der Waals surface area contributed by atoms with Crippen molar-refractivity contribution in [3.63, 3.8) is 0 Å². The van der Waals surface area contributed by atoms with Crippen LogP contribution in [-0.4, -0.2) is 15.4 Å². The molecule has 0 bridgehead atoms. The van der Waals surface area contributed by atoms with Crippen LogP contribution in [0.25, 0.3) is 0 Å². The van der Waals surface area contributed by atoms with Crippen LogP contribution in [0.4, 0.5) is 4.39 Å². The molecule has 7 heteroatoms. The topological polar surface area (TPSA) is 37.3 Å². The Labute approximate surface area is 116 Å². The monoisotopic (exact) mass is 316 g/mol. The number of hydrogen-bond donors (Lipinski definition) is 1. The highest BCUT2D eigenvalue weighted by Crippen LogP contribution is 2.65. The zero-order chi connectivity index (χ0) is 13.0. The number of benzene rings is 1. The van der Waals surface area contributed by atoms with Crippen molar-refractivity contribution < 1.29 is 14.3 Å². The molecule has 0 aliphatic heterocycles. The van der Waals surface area contributed by atoms with Gasteiger partial charge in [0.1, 0.15) is 4.33 Å². The van der Waals surface area contributed by atoms with E-state index >= 15 is 0 Å². The Balaban J connectivity index is 2.41. The summed E-state index contributed by atoms with van der Waals surface area (Å²) in [6, 6.07) is 2.58. The second-order valence-corrected chi connectivity index (χ2v) is 6.03. The minimum absolute atomic E-state index is 0.187. The Hall–Kier alpha value is -0.220.